The molecule has 1 aliphatic carbocycles. The van der Waals surface area contributed by atoms with Crippen molar-refractivity contribution in [3.8, 4) is 22.1 Å². The number of likely N-dealkylation sites (tertiary alicyclic amines) is 1. The monoisotopic (exact) mass is 547 g/mol. The van der Waals surface area contributed by atoms with Gasteiger partial charge in [-0.1, -0.05) is 38.5 Å². The Bertz CT molecular complexity index is 1240. The van der Waals surface area contributed by atoms with Gasteiger partial charge in [0.05, 0.1) is 24.8 Å². The normalized spacial score (nSPS) is 14.8. The molecule has 0 radical (unpaired) electrons. The third-order valence-corrected chi connectivity index (χ3v) is 7.87. The number of rotatable bonds is 10. The Morgan fingerprint density at radius 2 is 1.72 bits per heavy atom. The van der Waals surface area contributed by atoms with E-state index in [-0.39, 0.29) is 0 Å². The predicted octanol–water partition coefficient (Wildman–Crippen LogP) is 7.73. The summed E-state index contributed by atoms with van der Waals surface area (Å²) in [5, 5.41) is 4.57. The van der Waals surface area contributed by atoms with Gasteiger partial charge in [0.1, 0.15) is 28.9 Å². The van der Waals surface area contributed by atoms with Gasteiger partial charge in [0, 0.05) is 36.8 Å². The fourth-order valence-electron chi connectivity index (χ4n) is 4.68. The lowest BCUT2D eigenvalue weighted by Crippen LogP contribution is -2.33. The zero-order valence-corrected chi connectivity index (χ0v) is 24.5. The fourth-order valence-corrected chi connectivity index (χ4v) is 5.72. The molecular formula is C32H41N3O3S. The highest BCUT2D eigenvalue weighted by molar-refractivity contribution is 7.16. The summed E-state index contributed by atoms with van der Waals surface area (Å²) in [6.45, 7) is 8.82. The van der Waals surface area contributed by atoms with Crippen LogP contribution in [0.4, 0.5) is 5.69 Å². The minimum Gasteiger partial charge on any atom is -0.501 e. The second-order valence-electron chi connectivity index (χ2n) is 9.35. The molecule has 7 heteroatoms. The molecule has 39 heavy (non-hydrogen) atoms. The van der Waals surface area contributed by atoms with Crippen molar-refractivity contribution >= 4 is 29.2 Å². The van der Waals surface area contributed by atoms with E-state index in [4.69, 9.17) is 19.2 Å². The zero-order chi connectivity index (χ0) is 27.5. The van der Waals surface area contributed by atoms with Crippen molar-refractivity contribution in [1.82, 2.24) is 9.88 Å². The highest BCUT2D eigenvalue weighted by Gasteiger charge is 2.16. The summed E-state index contributed by atoms with van der Waals surface area (Å²) in [5.41, 5.74) is 4.20. The highest BCUT2D eigenvalue weighted by Crippen LogP contribution is 2.38. The molecule has 1 aromatic heterocycles. The third kappa shape index (κ3) is 7.87. The lowest BCUT2D eigenvalue weighted by molar-refractivity contribution is 0.183. The molecule has 5 rings (SSSR count). The number of ether oxygens (including phenoxy) is 3. The molecule has 6 nitrogen and oxygen atoms in total. The molecule has 3 aromatic rings. The van der Waals surface area contributed by atoms with Crippen LogP contribution >= 0.6 is 11.3 Å². The number of nitrogens with one attached hydrogen (secondary N) is 1. The molecule has 1 N–H and O–H groups in total. The Labute approximate surface area is 237 Å². The van der Waals surface area contributed by atoms with Crippen LogP contribution in [0.3, 0.4) is 0 Å². The number of allylic oxidation sites excluding steroid dienone is 1. The van der Waals surface area contributed by atoms with Gasteiger partial charge in [-0.05, 0) is 67.9 Å². The van der Waals surface area contributed by atoms with Gasteiger partial charge in [0.25, 0.3) is 0 Å². The molecule has 208 valence electrons. The van der Waals surface area contributed by atoms with Gasteiger partial charge < -0.3 is 19.5 Å². The highest BCUT2D eigenvalue weighted by atomic mass is 32.1. The van der Waals surface area contributed by atoms with Crippen molar-refractivity contribution in [3.63, 3.8) is 0 Å². The molecule has 0 amide bonds. The third-order valence-electron chi connectivity index (χ3n) is 6.82. The number of methoxy groups -OCH3 is 2. The molecule has 1 fully saturated rings. The second kappa shape index (κ2) is 14.8. The number of piperidine rings is 1. The molecule has 1 saturated heterocycles. The van der Waals surface area contributed by atoms with E-state index in [9.17, 15) is 0 Å². The van der Waals surface area contributed by atoms with E-state index in [2.05, 4.69) is 58.8 Å². The number of aromatic nitrogens is 1. The topological polar surface area (TPSA) is 55.9 Å². The van der Waals surface area contributed by atoms with E-state index < -0.39 is 0 Å². The number of hydrogen-bond acceptors (Lipinski definition) is 7. The molecule has 2 aromatic carbocycles. The van der Waals surface area contributed by atoms with Gasteiger partial charge in [-0.3, -0.25) is 4.90 Å². The maximum absolute atomic E-state index is 5.99. The minimum absolute atomic E-state index is 0.687. The van der Waals surface area contributed by atoms with Crippen LogP contribution in [-0.4, -0.2) is 50.3 Å². The van der Waals surface area contributed by atoms with E-state index >= 15 is 0 Å². The maximum Gasteiger partial charge on any atom is 0.126 e. The molecule has 0 saturated carbocycles. The molecule has 1 aliphatic heterocycles. The van der Waals surface area contributed by atoms with Gasteiger partial charge >= 0.3 is 0 Å². The van der Waals surface area contributed by atoms with E-state index in [0.29, 0.717) is 6.54 Å². The molecular weight excluding hydrogens is 506 g/mol. The lowest BCUT2D eigenvalue weighted by atomic mass is 10.1. The van der Waals surface area contributed by atoms with E-state index in [1.807, 2.05) is 26.0 Å². The number of thiazole rings is 1. The van der Waals surface area contributed by atoms with Crippen LogP contribution < -0.4 is 14.8 Å². The van der Waals surface area contributed by atoms with Crippen LogP contribution in [0.15, 0.2) is 54.3 Å². The molecule has 0 spiro atoms. The summed E-state index contributed by atoms with van der Waals surface area (Å²) in [5.74, 6) is 2.67. The van der Waals surface area contributed by atoms with E-state index in [0.717, 1.165) is 63.7 Å². The fraction of sp³-hybridized carbons (Fsp3) is 0.406. The van der Waals surface area contributed by atoms with Crippen LogP contribution in [0.5, 0.6) is 11.5 Å². The lowest BCUT2D eigenvalue weighted by Gasteiger charge is -2.26. The summed E-state index contributed by atoms with van der Waals surface area (Å²) in [6.07, 6.45) is 11.0. The molecule has 0 bridgehead atoms. The minimum atomic E-state index is 0.687. The first-order valence-electron chi connectivity index (χ1n) is 14.0. The van der Waals surface area contributed by atoms with E-state index in [1.165, 1.54) is 37.9 Å². The number of hydrogen-bond donors (Lipinski definition) is 1. The van der Waals surface area contributed by atoms with Crippen LogP contribution in [0.1, 0.15) is 55.7 Å². The average molecular weight is 548 g/mol. The molecule has 2 heterocycles. The second-order valence-corrected chi connectivity index (χ2v) is 10.4. The largest absolute Gasteiger partial charge is 0.501 e. The van der Waals surface area contributed by atoms with Crippen molar-refractivity contribution in [3.05, 3.63) is 70.4 Å². The molecule has 0 atom stereocenters. The Kier molecular flexibility index (Phi) is 10.9. The zero-order valence-electron chi connectivity index (χ0n) is 23.7. The Hall–Kier alpha value is -3.29. The van der Waals surface area contributed by atoms with Crippen LogP contribution in [0.25, 0.3) is 22.7 Å². The van der Waals surface area contributed by atoms with Gasteiger partial charge in [0.15, 0.2) is 0 Å². The Morgan fingerprint density at radius 3 is 2.46 bits per heavy atom. The summed E-state index contributed by atoms with van der Waals surface area (Å²) in [6, 6.07) is 14.4. The van der Waals surface area contributed by atoms with Crippen molar-refractivity contribution in [2.45, 2.75) is 46.1 Å². The van der Waals surface area contributed by atoms with Crippen molar-refractivity contribution in [2.75, 3.05) is 45.8 Å². The summed E-state index contributed by atoms with van der Waals surface area (Å²) in [4.78, 5) is 8.53. The number of anilines is 1. The van der Waals surface area contributed by atoms with Crippen molar-refractivity contribution in [1.29, 1.82) is 0 Å². The average Bonchev–Trinajstić information content (AvgIpc) is 3.29. The van der Waals surface area contributed by atoms with Gasteiger partial charge in [-0.2, -0.15) is 0 Å². The predicted molar refractivity (Wildman–Crippen MR) is 164 cm³/mol. The summed E-state index contributed by atoms with van der Waals surface area (Å²) >= 11 is 1.67. The Morgan fingerprint density at radius 1 is 0.949 bits per heavy atom. The number of nitrogens with zero attached hydrogens (tertiary/aromatic N) is 2. The quantitative estimate of drug-likeness (QED) is 0.280. The van der Waals surface area contributed by atoms with Crippen molar-refractivity contribution in [2.24, 2.45) is 0 Å². The Balaban J connectivity index is 0.00000172. The number of benzene rings is 2. The van der Waals surface area contributed by atoms with Gasteiger partial charge in [0.2, 0.25) is 0 Å². The maximum atomic E-state index is 5.99. The molecule has 2 aliphatic rings. The smallest absolute Gasteiger partial charge is 0.126 e. The van der Waals surface area contributed by atoms with Crippen molar-refractivity contribution < 1.29 is 14.2 Å². The SMILES string of the molecule is CC.COC1=Cc2sc(-c3ccc(OC)cc3NCc3ccc(OCCN4CCCCC4)cc3)nc2C=CC1. The standard InChI is InChI=1S/C30H35N3O3S.C2H6/c1-34-24-7-6-8-27-29(20-24)37-30(32-27)26-14-13-25(35-2)19-28(26)31-21-22-9-11-23(12-10-22)36-18-17-33-15-4-3-5-16-33;1-2/h6,8-14,19-20,31H,3-5,7,15-18,21H2,1-2H3;1-2H3. The first kappa shape index (κ1) is 28.7. The van der Waals surface area contributed by atoms with Crippen LogP contribution in [0, 0.1) is 0 Å². The first-order valence-corrected chi connectivity index (χ1v) is 14.8. The van der Waals surface area contributed by atoms with Gasteiger partial charge in [-0.15, -0.1) is 11.3 Å². The molecule has 0 unspecified atom stereocenters. The van der Waals surface area contributed by atoms with Crippen LogP contribution in [0.2, 0.25) is 0 Å². The van der Waals surface area contributed by atoms with E-state index in [1.54, 1.807) is 25.6 Å². The van der Waals surface area contributed by atoms with Gasteiger partial charge in [-0.25, -0.2) is 4.98 Å². The number of fused-ring (bicyclic) bond motifs is 1. The summed E-state index contributed by atoms with van der Waals surface area (Å²) < 4.78 is 17.0. The van der Waals surface area contributed by atoms with Crippen LogP contribution in [-0.2, 0) is 11.3 Å². The summed E-state index contributed by atoms with van der Waals surface area (Å²) in [7, 11) is 3.41. The first-order chi connectivity index (χ1) is 19.2.